The predicted molar refractivity (Wildman–Crippen MR) is 148 cm³/mol. The Morgan fingerprint density at radius 3 is 2.03 bits per heavy atom. The van der Waals surface area contributed by atoms with Crippen molar-refractivity contribution in [3.05, 3.63) is 75.6 Å². The molecule has 0 N–H and O–H groups in total. The molecule has 0 radical (unpaired) electrons. The summed E-state index contributed by atoms with van der Waals surface area (Å²) >= 11 is 3.57. The molecule has 0 amide bonds. The third kappa shape index (κ3) is 6.90. The summed E-state index contributed by atoms with van der Waals surface area (Å²) in [5.74, 6) is 0.400. The summed E-state index contributed by atoms with van der Waals surface area (Å²) in [6, 6.07) is 21.3. The normalized spacial score (nSPS) is 16.3. The first-order valence-electron chi connectivity index (χ1n) is 12.0. The van der Waals surface area contributed by atoms with Gasteiger partial charge in [-0.25, -0.2) is 8.57 Å². The predicted octanol–water partition coefficient (Wildman–Crippen LogP) is 8.84. The van der Waals surface area contributed by atoms with Gasteiger partial charge in [0.1, 0.15) is 0 Å². The summed E-state index contributed by atoms with van der Waals surface area (Å²) in [5, 5.41) is 1.90. The van der Waals surface area contributed by atoms with E-state index in [4.69, 9.17) is 4.43 Å². The highest BCUT2D eigenvalue weighted by Gasteiger charge is 2.37. The van der Waals surface area contributed by atoms with Crippen LogP contribution in [0.15, 0.2) is 79.3 Å². The zero-order chi connectivity index (χ0) is 24.6. The Labute approximate surface area is 211 Å². The SMILES string of the molecule is CC[Si](CC)(CC)O[C@@H](c1ccc(Br)cc1)[C@@H](/C(C)=C/S(=O)(=NC)c1ccccc1)C(C)C. The molecule has 182 valence electrons. The maximum absolute atomic E-state index is 13.9. The van der Waals surface area contributed by atoms with Gasteiger partial charge in [0.05, 0.1) is 20.7 Å². The van der Waals surface area contributed by atoms with Crippen molar-refractivity contribution in [1.29, 1.82) is 0 Å². The van der Waals surface area contributed by atoms with E-state index in [0.29, 0.717) is 5.92 Å². The fourth-order valence-electron chi connectivity index (χ4n) is 4.56. The lowest BCUT2D eigenvalue weighted by molar-refractivity contribution is 0.114. The molecule has 0 saturated heterocycles. The van der Waals surface area contributed by atoms with E-state index in [-0.39, 0.29) is 12.0 Å². The van der Waals surface area contributed by atoms with Crippen molar-refractivity contribution in [3.63, 3.8) is 0 Å². The van der Waals surface area contributed by atoms with Gasteiger partial charge in [-0.2, -0.15) is 0 Å². The minimum Gasteiger partial charge on any atom is -0.409 e. The third-order valence-corrected chi connectivity index (χ3v) is 14.1. The van der Waals surface area contributed by atoms with Gasteiger partial charge in [0.15, 0.2) is 8.32 Å². The first-order valence-corrected chi connectivity index (χ1v) is 16.9. The quantitative estimate of drug-likeness (QED) is 0.262. The van der Waals surface area contributed by atoms with Gasteiger partial charge >= 0.3 is 0 Å². The Balaban J connectivity index is 2.64. The van der Waals surface area contributed by atoms with Gasteiger partial charge in [0.2, 0.25) is 0 Å². The van der Waals surface area contributed by atoms with Gasteiger partial charge in [-0.05, 0) is 60.8 Å². The lowest BCUT2D eigenvalue weighted by Crippen LogP contribution is -2.40. The summed E-state index contributed by atoms with van der Waals surface area (Å²) in [4.78, 5) is 0.745. The second kappa shape index (κ2) is 12.5. The summed E-state index contributed by atoms with van der Waals surface area (Å²) in [6.45, 7) is 13.4. The van der Waals surface area contributed by atoms with E-state index >= 15 is 0 Å². The molecule has 1 unspecified atom stereocenters. The minimum atomic E-state index is -2.65. The van der Waals surface area contributed by atoms with Crippen molar-refractivity contribution in [2.75, 3.05) is 7.05 Å². The van der Waals surface area contributed by atoms with E-state index in [1.54, 1.807) is 7.05 Å². The summed E-state index contributed by atoms with van der Waals surface area (Å²) < 4.78 is 26.4. The summed E-state index contributed by atoms with van der Waals surface area (Å²) in [6.07, 6.45) is -0.0860. The highest BCUT2D eigenvalue weighted by Crippen LogP contribution is 2.41. The molecule has 33 heavy (non-hydrogen) atoms. The fraction of sp³-hybridized carbons (Fsp3) is 0.481. The Kier molecular flexibility index (Phi) is 10.6. The highest BCUT2D eigenvalue weighted by atomic mass is 79.9. The zero-order valence-electron chi connectivity index (χ0n) is 21.2. The van der Waals surface area contributed by atoms with Gasteiger partial charge in [0, 0.05) is 22.8 Å². The highest BCUT2D eigenvalue weighted by molar-refractivity contribution is 9.10. The lowest BCUT2D eigenvalue weighted by atomic mass is 9.82. The maximum Gasteiger partial charge on any atom is 0.192 e. The molecule has 3 atom stereocenters. The third-order valence-electron chi connectivity index (χ3n) is 6.78. The summed E-state index contributed by atoms with van der Waals surface area (Å²) in [7, 11) is -2.90. The molecule has 2 rings (SSSR count). The van der Waals surface area contributed by atoms with Crippen LogP contribution in [0.2, 0.25) is 18.1 Å². The molecule has 2 aromatic carbocycles. The van der Waals surface area contributed by atoms with Crippen molar-refractivity contribution >= 4 is 34.0 Å². The number of hydrogen-bond donors (Lipinski definition) is 0. The molecule has 0 fully saturated rings. The van der Waals surface area contributed by atoms with Gasteiger partial charge in [-0.15, -0.1) is 0 Å². The van der Waals surface area contributed by atoms with Crippen molar-refractivity contribution in [1.82, 2.24) is 0 Å². The van der Waals surface area contributed by atoms with Crippen LogP contribution >= 0.6 is 15.9 Å². The van der Waals surface area contributed by atoms with Crippen LogP contribution in [0.1, 0.15) is 53.2 Å². The smallest absolute Gasteiger partial charge is 0.192 e. The molecule has 3 nitrogen and oxygen atoms in total. The second-order valence-electron chi connectivity index (χ2n) is 9.03. The summed E-state index contributed by atoms with van der Waals surface area (Å²) in [5.41, 5.74) is 2.25. The van der Waals surface area contributed by atoms with Crippen molar-refractivity contribution in [3.8, 4) is 0 Å². The van der Waals surface area contributed by atoms with Crippen molar-refractivity contribution in [2.45, 2.75) is 70.7 Å². The van der Waals surface area contributed by atoms with Crippen molar-refractivity contribution in [2.24, 2.45) is 16.2 Å². The van der Waals surface area contributed by atoms with Gasteiger partial charge in [0.25, 0.3) is 0 Å². The van der Waals surface area contributed by atoms with Gasteiger partial charge in [-0.3, -0.25) is 0 Å². The Morgan fingerprint density at radius 2 is 1.58 bits per heavy atom. The molecule has 0 aliphatic rings. The largest absolute Gasteiger partial charge is 0.409 e. The Morgan fingerprint density at radius 1 is 1.03 bits per heavy atom. The second-order valence-corrected chi connectivity index (χ2v) is 16.9. The zero-order valence-corrected chi connectivity index (χ0v) is 24.6. The molecular weight excluding hydrogens is 510 g/mol. The fourth-order valence-corrected chi connectivity index (χ4v) is 9.30. The molecule has 6 heteroatoms. The van der Waals surface area contributed by atoms with E-state index in [1.165, 1.54) is 5.56 Å². The first-order chi connectivity index (χ1) is 15.6. The molecule has 0 spiro atoms. The number of nitrogens with zero attached hydrogens (tertiary/aromatic N) is 1. The number of halogens is 1. The van der Waals surface area contributed by atoms with Crippen LogP contribution in [0.3, 0.4) is 0 Å². The average Bonchev–Trinajstić information content (AvgIpc) is 2.82. The first kappa shape index (κ1) is 28.0. The molecule has 0 aromatic heterocycles. The van der Waals surface area contributed by atoms with Crippen LogP contribution in [0.4, 0.5) is 0 Å². The molecule has 0 aliphatic carbocycles. The lowest BCUT2D eigenvalue weighted by Gasteiger charge is -2.39. The van der Waals surface area contributed by atoms with E-state index in [1.807, 2.05) is 35.7 Å². The van der Waals surface area contributed by atoms with E-state index in [9.17, 15) is 4.21 Å². The Hall–Kier alpha value is -1.21. The van der Waals surface area contributed by atoms with Crippen LogP contribution in [0.25, 0.3) is 0 Å². The standard InChI is InChI=1S/C27H40BrNO2SSi/c1-8-33(9-2,10-3)31-27(23-16-18-24(28)19-17-23)26(21(4)5)22(6)20-32(30,29-7)25-14-12-11-13-15-25/h11-21,26-27H,8-10H2,1-7H3/b22-20+/t26-,27+,32?/m1/s1. The number of benzene rings is 2. The Bertz CT molecular complexity index is 1020. The molecular formula is C27H40BrNO2SSi. The molecule has 0 aliphatic heterocycles. The molecule has 0 heterocycles. The van der Waals surface area contributed by atoms with Crippen LogP contribution in [0.5, 0.6) is 0 Å². The van der Waals surface area contributed by atoms with Crippen LogP contribution in [-0.4, -0.2) is 19.6 Å². The van der Waals surface area contributed by atoms with Crippen LogP contribution in [-0.2, 0) is 14.2 Å². The molecule has 0 saturated carbocycles. The van der Waals surface area contributed by atoms with E-state index in [2.05, 4.69) is 86.1 Å². The maximum atomic E-state index is 13.9. The van der Waals surface area contributed by atoms with Crippen LogP contribution in [0, 0.1) is 11.8 Å². The average molecular weight is 551 g/mol. The van der Waals surface area contributed by atoms with E-state index in [0.717, 1.165) is 33.1 Å². The minimum absolute atomic E-state index is 0.0860. The monoisotopic (exact) mass is 549 g/mol. The van der Waals surface area contributed by atoms with E-state index < -0.39 is 18.0 Å². The number of hydrogen-bond acceptors (Lipinski definition) is 3. The molecule has 0 bridgehead atoms. The number of rotatable bonds is 11. The topological polar surface area (TPSA) is 38.7 Å². The van der Waals surface area contributed by atoms with Gasteiger partial charge < -0.3 is 4.43 Å². The van der Waals surface area contributed by atoms with Crippen molar-refractivity contribution < 1.29 is 8.63 Å². The van der Waals surface area contributed by atoms with Gasteiger partial charge in [-0.1, -0.05) is 86.5 Å². The van der Waals surface area contributed by atoms with Crippen LogP contribution < -0.4 is 0 Å². The molecule has 2 aromatic rings.